The molecule has 0 saturated heterocycles. The van der Waals surface area contributed by atoms with Crippen LogP contribution in [0.5, 0.6) is 0 Å². The van der Waals surface area contributed by atoms with E-state index < -0.39 is 0 Å². The summed E-state index contributed by atoms with van der Waals surface area (Å²) in [5, 5.41) is 5.23. The molecule has 4 nitrogen and oxygen atoms in total. The van der Waals surface area contributed by atoms with Gasteiger partial charge < -0.3 is 13.7 Å². The Labute approximate surface area is 314 Å². The Morgan fingerprint density at radius 2 is 0.944 bits per heavy atom. The van der Waals surface area contributed by atoms with Crippen molar-refractivity contribution in [3.05, 3.63) is 182 Å². The molecule has 0 spiro atoms. The fraction of sp³-hybridized carbons (Fsp3) is 0. The lowest BCUT2D eigenvalue weighted by atomic mass is 9.93. The first-order valence-corrected chi connectivity index (χ1v) is 18.8. The third-order valence-electron chi connectivity index (χ3n) is 10.3. The predicted molar refractivity (Wildman–Crippen MR) is 225 cm³/mol. The fourth-order valence-electron chi connectivity index (χ4n) is 7.78. The number of fused-ring (bicyclic) bond motifs is 8. The van der Waals surface area contributed by atoms with Crippen LogP contribution >= 0.6 is 11.3 Å². The zero-order chi connectivity index (χ0) is 35.6. The average Bonchev–Trinajstić information content (AvgIpc) is 3.95. The molecule has 0 amide bonds. The summed E-state index contributed by atoms with van der Waals surface area (Å²) in [5.41, 5.74) is 13.2. The van der Waals surface area contributed by atoms with Crippen molar-refractivity contribution in [3.63, 3.8) is 0 Å². The molecule has 0 aliphatic rings. The second-order valence-electron chi connectivity index (χ2n) is 13.5. The van der Waals surface area contributed by atoms with Gasteiger partial charge in [-0.3, -0.25) is 0 Å². The first kappa shape index (κ1) is 30.7. The second-order valence-corrected chi connectivity index (χ2v) is 14.6. The first-order chi connectivity index (χ1) is 26.7. The molecule has 11 aromatic rings. The van der Waals surface area contributed by atoms with E-state index in [1.165, 1.54) is 11.1 Å². The monoisotopic (exact) mass is 710 g/mol. The van der Waals surface area contributed by atoms with Gasteiger partial charge in [0.05, 0.1) is 15.6 Å². The van der Waals surface area contributed by atoms with E-state index in [-0.39, 0.29) is 0 Å². The van der Waals surface area contributed by atoms with Gasteiger partial charge in [-0.1, -0.05) is 115 Å². The molecule has 8 aromatic carbocycles. The van der Waals surface area contributed by atoms with Gasteiger partial charge in [-0.25, -0.2) is 4.98 Å². The van der Waals surface area contributed by atoms with Gasteiger partial charge in [0.15, 0.2) is 0 Å². The van der Waals surface area contributed by atoms with Crippen molar-refractivity contribution in [2.75, 3.05) is 4.90 Å². The van der Waals surface area contributed by atoms with Crippen molar-refractivity contribution in [2.24, 2.45) is 0 Å². The standard InChI is InChI=1S/C49H30N2O2S/c1-4-12-31(13-5-1)37-23-20-34(28-39(37)32-14-6-2-7-15-32)51(35-21-24-43-40(29-35)38-18-10-11-19-42(38)52-43)36-22-25-44-41(30-36)47-45(53-44)26-27-46-48(47)50-49(54-46)33-16-8-3-9-17-33/h1-30H. The molecule has 254 valence electrons. The molecule has 0 saturated carbocycles. The summed E-state index contributed by atoms with van der Waals surface area (Å²) in [5.74, 6) is 0. The molecular weight excluding hydrogens is 681 g/mol. The Morgan fingerprint density at radius 3 is 1.69 bits per heavy atom. The lowest BCUT2D eigenvalue weighted by Gasteiger charge is -2.27. The molecule has 0 atom stereocenters. The highest BCUT2D eigenvalue weighted by molar-refractivity contribution is 7.21. The van der Waals surface area contributed by atoms with Gasteiger partial charge in [0.1, 0.15) is 27.3 Å². The molecule has 0 radical (unpaired) electrons. The van der Waals surface area contributed by atoms with Crippen molar-refractivity contribution in [1.29, 1.82) is 0 Å². The molecule has 0 unspecified atom stereocenters. The van der Waals surface area contributed by atoms with Crippen molar-refractivity contribution in [2.45, 2.75) is 0 Å². The first-order valence-electron chi connectivity index (χ1n) is 18.0. The highest BCUT2D eigenvalue weighted by Crippen LogP contribution is 2.45. The maximum absolute atomic E-state index is 6.49. The minimum atomic E-state index is 0.830. The van der Waals surface area contributed by atoms with E-state index in [9.17, 15) is 0 Å². The molecule has 3 aromatic heterocycles. The van der Waals surface area contributed by atoms with Crippen molar-refractivity contribution in [3.8, 4) is 32.8 Å². The predicted octanol–water partition coefficient (Wildman–Crippen LogP) is 14.6. The Morgan fingerprint density at radius 1 is 0.407 bits per heavy atom. The average molecular weight is 711 g/mol. The fourth-order valence-corrected chi connectivity index (χ4v) is 8.76. The number of nitrogens with zero attached hydrogens (tertiary/aromatic N) is 2. The number of hydrogen-bond acceptors (Lipinski definition) is 5. The van der Waals surface area contributed by atoms with E-state index in [2.05, 4.69) is 169 Å². The normalized spacial score (nSPS) is 11.7. The van der Waals surface area contributed by atoms with Crippen LogP contribution in [0.25, 0.3) is 86.9 Å². The highest BCUT2D eigenvalue weighted by Gasteiger charge is 2.21. The number of anilines is 3. The smallest absolute Gasteiger partial charge is 0.137 e. The van der Waals surface area contributed by atoms with Crippen LogP contribution in [-0.2, 0) is 0 Å². The summed E-state index contributed by atoms with van der Waals surface area (Å²) in [6.45, 7) is 0. The van der Waals surface area contributed by atoms with E-state index in [0.29, 0.717) is 0 Å². The number of furan rings is 2. The maximum Gasteiger partial charge on any atom is 0.137 e. The van der Waals surface area contributed by atoms with Crippen LogP contribution < -0.4 is 4.90 Å². The van der Waals surface area contributed by atoms with Gasteiger partial charge in [0, 0.05) is 38.8 Å². The Balaban J connectivity index is 1.16. The van der Waals surface area contributed by atoms with Gasteiger partial charge in [0.2, 0.25) is 0 Å². The van der Waals surface area contributed by atoms with E-state index in [0.717, 1.165) is 92.9 Å². The zero-order valence-electron chi connectivity index (χ0n) is 28.9. The lowest BCUT2D eigenvalue weighted by molar-refractivity contribution is 0.669. The Kier molecular flexibility index (Phi) is 7.00. The molecule has 0 bridgehead atoms. The molecular formula is C49H30N2O2S. The van der Waals surface area contributed by atoms with Crippen LogP contribution in [0.15, 0.2) is 191 Å². The largest absolute Gasteiger partial charge is 0.456 e. The topological polar surface area (TPSA) is 42.4 Å². The highest BCUT2D eigenvalue weighted by atomic mass is 32.1. The summed E-state index contributed by atoms with van der Waals surface area (Å²) in [7, 11) is 0. The molecule has 11 rings (SSSR count). The van der Waals surface area contributed by atoms with E-state index in [1.54, 1.807) is 11.3 Å². The van der Waals surface area contributed by atoms with Crippen molar-refractivity contribution >= 4 is 82.5 Å². The van der Waals surface area contributed by atoms with Crippen molar-refractivity contribution < 1.29 is 8.83 Å². The Bertz CT molecular complexity index is 3160. The number of thiazole rings is 1. The molecule has 0 N–H and O–H groups in total. The number of rotatable bonds is 6. The molecule has 0 aliphatic heterocycles. The van der Waals surface area contributed by atoms with Gasteiger partial charge in [-0.2, -0.15) is 0 Å². The summed E-state index contributed by atoms with van der Waals surface area (Å²) in [6, 6.07) is 63.9. The molecule has 54 heavy (non-hydrogen) atoms. The Hall–Kier alpha value is -6.95. The van der Waals surface area contributed by atoms with Crippen LogP contribution in [0.3, 0.4) is 0 Å². The van der Waals surface area contributed by atoms with E-state index >= 15 is 0 Å². The number of hydrogen-bond donors (Lipinski definition) is 0. The quantitative estimate of drug-likeness (QED) is 0.172. The van der Waals surface area contributed by atoms with Gasteiger partial charge in [-0.05, 0) is 89.0 Å². The molecule has 0 fully saturated rings. The minimum absolute atomic E-state index is 0.830. The number of aromatic nitrogens is 1. The van der Waals surface area contributed by atoms with Gasteiger partial charge >= 0.3 is 0 Å². The third kappa shape index (κ3) is 5.01. The summed E-state index contributed by atoms with van der Waals surface area (Å²) >= 11 is 1.71. The summed E-state index contributed by atoms with van der Waals surface area (Å²) in [6.07, 6.45) is 0. The SMILES string of the molecule is c1ccc(-c2nc3c(ccc4oc5ccc(N(c6ccc(-c7ccccc7)c(-c7ccccc7)c6)c6ccc7oc8ccccc8c7c6)cc5c43)s2)cc1. The van der Waals surface area contributed by atoms with Crippen LogP contribution in [0.4, 0.5) is 17.1 Å². The van der Waals surface area contributed by atoms with Crippen LogP contribution in [0.2, 0.25) is 0 Å². The molecule has 5 heteroatoms. The van der Waals surface area contributed by atoms with Crippen molar-refractivity contribution in [1.82, 2.24) is 4.98 Å². The molecule has 3 heterocycles. The van der Waals surface area contributed by atoms with E-state index in [1.807, 2.05) is 18.2 Å². The third-order valence-corrected chi connectivity index (χ3v) is 11.4. The number of benzene rings is 8. The van der Waals surface area contributed by atoms with Gasteiger partial charge in [-0.15, -0.1) is 11.3 Å². The summed E-state index contributed by atoms with van der Waals surface area (Å²) < 4.78 is 13.9. The van der Waals surface area contributed by atoms with Crippen LogP contribution in [0.1, 0.15) is 0 Å². The maximum atomic E-state index is 6.49. The molecule has 0 aliphatic carbocycles. The van der Waals surface area contributed by atoms with Crippen LogP contribution in [-0.4, -0.2) is 4.98 Å². The van der Waals surface area contributed by atoms with Gasteiger partial charge in [0.25, 0.3) is 0 Å². The van der Waals surface area contributed by atoms with Crippen LogP contribution in [0, 0.1) is 0 Å². The zero-order valence-corrected chi connectivity index (χ0v) is 29.8. The summed E-state index contributed by atoms with van der Waals surface area (Å²) in [4.78, 5) is 7.54. The number of para-hydroxylation sites is 1. The lowest BCUT2D eigenvalue weighted by Crippen LogP contribution is -2.10. The minimum Gasteiger partial charge on any atom is -0.456 e. The van der Waals surface area contributed by atoms with E-state index in [4.69, 9.17) is 13.8 Å². The second kappa shape index (κ2) is 12.3.